The number of esters is 1. The second-order valence-corrected chi connectivity index (χ2v) is 5.24. The molecule has 0 fully saturated rings. The molecule has 0 saturated carbocycles. The van der Waals surface area contributed by atoms with Crippen molar-refractivity contribution in [3.8, 4) is 0 Å². The van der Waals surface area contributed by atoms with Crippen molar-refractivity contribution in [3.05, 3.63) is 15.2 Å². The van der Waals surface area contributed by atoms with E-state index in [2.05, 4.69) is 9.97 Å². The molecule has 0 aliphatic rings. The molecule has 1 heterocycles. The van der Waals surface area contributed by atoms with E-state index >= 15 is 0 Å². The van der Waals surface area contributed by atoms with Gasteiger partial charge in [0, 0.05) is 5.41 Å². The molecule has 0 aliphatic carbocycles. The number of rotatable bonds is 2. The molecule has 1 aromatic heterocycles. The number of aromatic amines is 1. The molecule has 84 valence electrons. The van der Waals surface area contributed by atoms with E-state index in [-0.39, 0.29) is 11.4 Å². The van der Waals surface area contributed by atoms with Crippen LogP contribution in [0, 0.1) is 3.70 Å². The lowest BCUT2D eigenvalue weighted by atomic mass is 9.96. The molecule has 1 N–H and O–H groups in total. The number of ether oxygens (including phenoxy) is 1. The van der Waals surface area contributed by atoms with Crippen LogP contribution < -0.4 is 0 Å². The fraction of sp³-hybridized carbons (Fsp3) is 0.600. The molecule has 0 radical (unpaired) electrons. The third-order valence-corrected chi connectivity index (χ3v) is 2.63. The molecular weight excluding hydrogens is 307 g/mol. The van der Waals surface area contributed by atoms with Gasteiger partial charge in [0.2, 0.25) is 0 Å². The summed E-state index contributed by atoms with van der Waals surface area (Å²) in [6.45, 7) is 8.27. The quantitative estimate of drug-likeness (QED) is 0.672. The number of carbonyl (C=O) groups excluding carboxylic acids is 1. The predicted molar refractivity (Wildman–Crippen MR) is 66.0 cm³/mol. The van der Waals surface area contributed by atoms with Gasteiger partial charge in [-0.1, -0.05) is 20.8 Å². The highest BCUT2D eigenvalue weighted by Gasteiger charge is 2.23. The maximum absolute atomic E-state index is 11.5. The van der Waals surface area contributed by atoms with Crippen LogP contribution in [0.5, 0.6) is 0 Å². The number of nitrogens with zero attached hydrogens (tertiary/aromatic N) is 1. The number of carbonyl (C=O) groups is 1. The van der Waals surface area contributed by atoms with Crippen LogP contribution in [0.4, 0.5) is 0 Å². The zero-order valence-electron chi connectivity index (χ0n) is 9.35. The third-order valence-electron chi connectivity index (χ3n) is 1.85. The number of nitrogens with one attached hydrogen (secondary N) is 1. The monoisotopic (exact) mass is 322 g/mol. The third kappa shape index (κ3) is 2.93. The number of imidazole rings is 1. The lowest BCUT2D eigenvalue weighted by Crippen LogP contribution is -2.14. The van der Waals surface area contributed by atoms with E-state index in [1.165, 1.54) is 0 Å². The summed E-state index contributed by atoms with van der Waals surface area (Å²) in [5.74, 6) is 0.458. The highest BCUT2D eigenvalue weighted by molar-refractivity contribution is 14.1. The lowest BCUT2D eigenvalue weighted by Gasteiger charge is -2.13. The molecule has 1 aromatic rings. The summed E-state index contributed by atoms with van der Waals surface area (Å²) in [7, 11) is 0. The fourth-order valence-corrected chi connectivity index (χ4v) is 1.64. The first kappa shape index (κ1) is 12.5. The molecule has 0 saturated heterocycles. The van der Waals surface area contributed by atoms with Crippen molar-refractivity contribution in [3.63, 3.8) is 0 Å². The van der Waals surface area contributed by atoms with Crippen LogP contribution in [0.2, 0.25) is 0 Å². The minimum atomic E-state index is -0.343. The van der Waals surface area contributed by atoms with Crippen molar-refractivity contribution < 1.29 is 9.53 Å². The van der Waals surface area contributed by atoms with Crippen LogP contribution in [0.3, 0.4) is 0 Å². The Morgan fingerprint density at radius 1 is 1.53 bits per heavy atom. The summed E-state index contributed by atoms with van der Waals surface area (Å²) in [5, 5.41) is 0. The molecule has 1 rings (SSSR count). The summed E-state index contributed by atoms with van der Waals surface area (Å²) < 4.78 is 5.58. The van der Waals surface area contributed by atoms with Crippen LogP contribution in [-0.4, -0.2) is 22.5 Å². The van der Waals surface area contributed by atoms with Gasteiger partial charge < -0.3 is 9.72 Å². The maximum atomic E-state index is 11.5. The Bertz CT molecular complexity index is 366. The first-order valence-electron chi connectivity index (χ1n) is 4.79. The van der Waals surface area contributed by atoms with Crippen LogP contribution in [0.15, 0.2) is 0 Å². The van der Waals surface area contributed by atoms with E-state index in [0.29, 0.717) is 16.0 Å². The van der Waals surface area contributed by atoms with Gasteiger partial charge in [0.15, 0.2) is 5.69 Å². The highest BCUT2D eigenvalue weighted by atomic mass is 127. The Labute approximate surface area is 103 Å². The summed E-state index contributed by atoms with van der Waals surface area (Å²) in [4.78, 5) is 18.8. The minimum absolute atomic E-state index is 0.0926. The first-order chi connectivity index (χ1) is 6.86. The Morgan fingerprint density at radius 3 is 2.53 bits per heavy atom. The smallest absolute Gasteiger partial charge is 0.357 e. The Hall–Kier alpha value is -0.590. The topological polar surface area (TPSA) is 55.0 Å². The van der Waals surface area contributed by atoms with Crippen LogP contribution in [-0.2, 0) is 10.2 Å². The normalized spacial score (nSPS) is 11.5. The van der Waals surface area contributed by atoms with Gasteiger partial charge in [-0.05, 0) is 29.5 Å². The molecule has 0 amide bonds. The molecule has 15 heavy (non-hydrogen) atoms. The maximum Gasteiger partial charge on any atom is 0.357 e. The average molecular weight is 322 g/mol. The summed E-state index contributed by atoms with van der Waals surface area (Å²) in [6, 6.07) is 0. The fourth-order valence-electron chi connectivity index (χ4n) is 1.05. The standard InChI is InChI=1S/C10H15IN2O2/c1-5-15-8(14)6-7(11)13-9(12-6)10(2,3)4/h5H2,1-4H3,(H,12,13). The lowest BCUT2D eigenvalue weighted by molar-refractivity contribution is 0.0518. The molecule has 0 aromatic carbocycles. The SMILES string of the molecule is CCOC(=O)c1[nH]c(C(C)(C)C)nc1I. The van der Waals surface area contributed by atoms with Crippen molar-refractivity contribution >= 4 is 28.6 Å². The molecule has 0 unspecified atom stereocenters. The summed E-state index contributed by atoms with van der Waals surface area (Å²) in [6.07, 6.45) is 0. The number of aromatic nitrogens is 2. The number of hydrogen-bond donors (Lipinski definition) is 1. The van der Waals surface area contributed by atoms with E-state index < -0.39 is 0 Å². The zero-order valence-corrected chi connectivity index (χ0v) is 11.5. The van der Waals surface area contributed by atoms with Gasteiger partial charge in [-0.2, -0.15) is 0 Å². The van der Waals surface area contributed by atoms with E-state index in [9.17, 15) is 4.79 Å². The molecular formula is C10H15IN2O2. The Morgan fingerprint density at radius 2 is 2.13 bits per heavy atom. The molecule has 0 spiro atoms. The average Bonchev–Trinajstić information content (AvgIpc) is 2.47. The number of halogens is 1. The van der Waals surface area contributed by atoms with E-state index in [4.69, 9.17) is 4.74 Å². The van der Waals surface area contributed by atoms with Gasteiger partial charge in [-0.15, -0.1) is 0 Å². The van der Waals surface area contributed by atoms with E-state index in [1.54, 1.807) is 6.92 Å². The Balaban J connectivity index is 3.02. The number of hydrogen-bond acceptors (Lipinski definition) is 3. The van der Waals surface area contributed by atoms with Gasteiger partial charge in [-0.25, -0.2) is 9.78 Å². The minimum Gasteiger partial charge on any atom is -0.461 e. The van der Waals surface area contributed by atoms with Gasteiger partial charge >= 0.3 is 5.97 Å². The van der Waals surface area contributed by atoms with Crippen LogP contribution in [0.25, 0.3) is 0 Å². The van der Waals surface area contributed by atoms with Gasteiger partial charge in [0.25, 0.3) is 0 Å². The van der Waals surface area contributed by atoms with Crippen molar-refractivity contribution in [1.29, 1.82) is 0 Å². The Kier molecular flexibility index (Phi) is 3.75. The zero-order chi connectivity index (χ0) is 11.6. The van der Waals surface area contributed by atoms with Crippen molar-refractivity contribution in [1.82, 2.24) is 9.97 Å². The van der Waals surface area contributed by atoms with Gasteiger partial charge in [0.1, 0.15) is 9.53 Å². The van der Waals surface area contributed by atoms with E-state index in [1.807, 2.05) is 43.4 Å². The van der Waals surface area contributed by atoms with Crippen LogP contribution in [0.1, 0.15) is 44.0 Å². The molecule has 0 aliphatic heterocycles. The van der Waals surface area contributed by atoms with Crippen molar-refractivity contribution in [2.45, 2.75) is 33.1 Å². The van der Waals surface area contributed by atoms with Crippen molar-refractivity contribution in [2.75, 3.05) is 6.61 Å². The second kappa shape index (κ2) is 4.51. The number of H-pyrrole nitrogens is 1. The highest BCUT2D eigenvalue weighted by Crippen LogP contribution is 2.21. The molecule has 5 heteroatoms. The van der Waals surface area contributed by atoms with Crippen LogP contribution >= 0.6 is 22.6 Å². The van der Waals surface area contributed by atoms with Crippen molar-refractivity contribution in [2.24, 2.45) is 0 Å². The predicted octanol–water partition coefficient (Wildman–Crippen LogP) is 2.49. The van der Waals surface area contributed by atoms with Gasteiger partial charge in [0.05, 0.1) is 6.61 Å². The largest absolute Gasteiger partial charge is 0.461 e. The van der Waals surface area contributed by atoms with E-state index in [0.717, 1.165) is 5.82 Å². The first-order valence-corrected chi connectivity index (χ1v) is 5.87. The molecule has 0 atom stereocenters. The summed E-state index contributed by atoms with van der Waals surface area (Å²) >= 11 is 2.03. The van der Waals surface area contributed by atoms with Gasteiger partial charge in [-0.3, -0.25) is 0 Å². The molecule has 0 bridgehead atoms. The summed E-state index contributed by atoms with van der Waals surface area (Å²) in [5.41, 5.74) is 0.354. The second-order valence-electron chi connectivity index (χ2n) is 4.22. The molecule has 4 nitrogen and oxygen atoms in total.